The van der Waals surface area contributed by atoms with Crippen molar-refractivity contribution < 1.29 is 13.9 Å². The minimum absolute atomic E-state index is 0.250. The molecule has 3 aromatic rings. The molecule has 0 fully saturated rings. The van der Waals surface area contributed by atoms with Gasteiger partial charge in [-0.2, -0.15) is 0 Å². The average molecular weight is 351 g/mol. The van der Waals surface area contributed by atoms with E-state index in [1.807, 2.05) is 51.1 Å². The summed E-state index contributed by atoms with van der Waals surface area (Å²) in [7, 11) is 0. The molecular weight excluding hydrogens is 330 g/mol. The van der Waals surface area contributed by atoms with Gasteiger partial charge in [-0.25, -0.2) is 4.79 Å². The number of pyridine rings is 2. The van der Waals surface area contributed by atoms with Crippen molar-refractivity contribution in [3.05, 3.63) is 60.9 Å². The van der Waals surface area contributed by atoms with E-state index < -0.39 is 11.7 Å². The molecule has 3 rings (SSSR count). The van der Waals surface area contributed by atoms with Crippen molar-refractivity contribution in [3.8, 4) is 22.5 Å². The molecule has 3 aromatic heterocycles. The first-order valence-electron chi connectivity index (χ1n) is 8.33. The van der Waals surface area contributed by atoms with Crippen molar-refractivity contribution in [1.82, 2.24) is 15.3 Å². The molecule has 3 heterocycles. The Morgan fingerprint density at radius 3 is 2.50 bits per heavy atom. The lowest BCUT2D eigenvalue weighted by Gasteiger charge is -2.19. The molecule has 1 amide bonds. The van der Waals surface area contributed by atoms with Gasteiger partial charge in [-0.1, -0.05) is 0 Å². The Morgan fingerprint density at radius 2 is 1.77 bits per heavy atom. The van der Waals surface area contributed by atoms with Crippen molar-refractivity contribution in [2.75, 3.05) is 0 Å². The fourth-order valence-corrected chi connectivity index (χ4v) is 2.47. The smallest absolute Gasteiger partial charge is 0.408 e. The molecule has 0 atom stereocenters. The summed E-state index contributed by atoms with van der Waals surface area (Å²) in [6, 6.07) is 9.51. The lowest BCUT2D eigenvalue weighted by atomic mass is 10.0. The van der Waals surface area contributed by atoms with Gasteiger partial charge in [0.1, 0.15) is 17.1 Å². The number of nitrogens with one attached hydrogen (secondary N) is 1. The fraction of sp³-hybridized carbons (Fsp3) is 0.250. The minimum atomic E-state index is -0.534. The number of carbonyl (C=O) groups is 1. The van der Waals surface area contributed by atoms with Crippen molar-refractivity contribution in [2.45, 2.75) is 32.9 Å². The van der Waals surface area contributed by atoms with Gasteiger partial charge in [0.25, 0.3) is 0 Å². The summed E-state index contributed by atoms with van der Waals surface area (Å²) in [5.74, 6) is 1.32. The van der Waals surface area contributed by atoms with Crippen LogP contribution in [-0.2, 0) is 11.3 Å². The van der Waals surface area contributed by atoms with Crippen LogP contribution in [0.3, 0.4) is 0 Å². The molecule has 0 radical (unpaired) electrons. The SMILES string of the molecule is CC(C)(C)OC(=O)NCc1ccc(-c2cnccc2-c2ccncc2)o1. The van der Waals surface area contributed by atoms with Gasteiger partial charge < -0.3 is 14.5 Å². The molecule has 0 bridgehead atoms. The highest BCUT2D eigenvalue weighted by Gasteiger charge is 2.16. The summed E-state index contributed by atoms with van der Waals surface area (Å²) in [4.78, 5) is 20.0. The molecule has 0 aliphatic heterocycles. The Bertz CT molecular complexity index is 883. The lowest BCUT2D eigenvalue weighted by molar-refractivity contribution is 0.0520. The van der Waals surface area contributed by atoms with Gasteiger partial charge in [0.2, 0.25) is 0 Å². The summed E-state index contributed by atoms with van der Waals surface area (Å²) in [6.07, 6.45) is 6.53. The van der Waals surface area contributed by atoms with Crippen molar-refractivity contribution in [2.24, 2.45) is 0 Å². The van der Waals surface area contributed by atoms with E-state index in [9.17, 15) is 4.79 Å². The maximum absolute atomic E-state index is 11.8. The molecule has 0 aliphatic carbocycles. The number of hydrogen-bond donors (Lipinski definition) is 1. The van der Waals surface area contributed by atoms with Gasteiger partial charge in [-0.05, 0) is 62.2 Å². The molecule has 0 spiro atoms. The van der Waals surface area contributed by atoms with E-state index in [1.165, 1.54) is 0 Å². The lowest BCUT2D eigenvalue weighted by Crippen LogP contribution is -2.32. The van der Waals surface area contributed by atoms with Gasteiger partial charge in [0.15, 0.2) is 0 Å². The van der Waals surface area contributed by atoms with Gasteiger partial charge in [-0.3, -0.25) is 9.97 Å². The summed E-state index contributed by atoms with van der Waals surface area (Å²) in [5, 5.41) is 2.69. The quantitative estimate of drug-likeness (QED) is 0.752. The van der Waals surface area contributed by atoms with Crippen LogP contribution in [0.1, 0.15) is 26.5 Å². The Hall–Kier alpha value is -3.15. The topological polar surface area (TPSA) is 77.2 Å². The predicted molar refractivity (Wildman–Crippen MR) is 98.2 cm³/mol. The molecule has 0 aliphatic rings. The second kappa shape index (κ2) is 7.39. The highest BCUT2D eigenvalue weighted by Crippen LogP contribution is 2.32. The molecule has 6 heteroatoms. The zero-order valence-corrected chi connectivity index (χ0v) is 15.0. The van der Waals surface area contributed by atoms with Crippen molar-refractivity contribution in [1.29, 1.82) is 0 Å². The summed E-state index contributed by atoms with van der Waals surface area (Å²) in [5.41, 5.74) is 2.38. The molecule has 1 N–H and O–H groups in total. The number of carbonyl (C=O) groups excluding carboxylic acids is 1. The van der Waals surface area contributed by atoms with E-state index in [2.05, 4.69) is 15.3 Å². The van der Waals surface area contributed by atoms with Gasteiger partial charge >= 0.3 is 6.09 Å². The molecule has 0 saturated heterocycles. The number of alkyl carbamates (subject to hydrolysis) is 1. The van der Waals surface area contributed by atoms with Crippen LogP contribution < -0.4 is 5.32 Å². The predicted octanol–water partition coefficient (Wildman–Crippen LogP) is 4.43. The number of hydrogen-bond acceptors (Lipinski definition) is 5. The normalized spacial score (nSPS) is 11.2. The van der Waals surface area contributed by atoms with E-state index in [0.717, 1.165) is 16.7 Å². The zero-order valence-electron chi connectivity index (χ0n) is 15.0. The number of furan rings is 1. The largest absolute Gasteiger partial charge is 0.459 e. The summed E-state index contributed by atoms with van der Waals surface area (Å²) in [6.45, 7) is 5.71. The molecule has 134 valence electrons. The van der Waals surface area contributed by atoms with Gasteiger partial charge in [0.05, 0.1) is 6.54 Å². The first-order chi connectivity index (χ1) is 12.4. The van der Waals surface area contributed by atoms with Crippen molar-refractivity contribution in [3.63, 3.8) is 0 Å². The van der Waals surface area contributed by atoms with E-state index in [4.69, 9.17) is 9.15 Å². The number of ether oxygens (including phenoxy) is 1. The number of nitrogens with zero attached hydrogens (tertiary/aromatic N) is 2. The number of rotatable bonds is 4. The highest BCUT2D eigenvalue weighted by atomic mass is 16.6. The van der Waals surface area contributed by atoms with E-state index >= 15 is 0 Å². The Balaban J connectivity index is 1.76. The second-order valence-corrected chi connectivity index (χ2v) is 6.78. The first kappa shape index (κ1) is 17.7. The van der Waals surface area contributed by atoms with E-state index in [0.29, 0.717) is 11.5 Å². The maximum atomic E-state index is 11.8. The van der Waals surface area contributed by atoms with Crippen molar-refractivity contribution >= 4 is 6.09 Å². The Labute approximate surface area is 152 Å². The zero-order chi connectivity index (χ0) is 18.6. The molecule has 0 aromatic carbocycles. The molecule has 6 nitrogen and oxygen atoms in total. The van der Waals surface area contributed by atoms with Crippen LogP contribution in [0.25, 0.3) is 22.5 Å². The Morgan fingerprint density at radius 1 is 1.04 bits per heavy atom. The highest BCUT2D eigenvalue weighted by molar-refractivity contribution is 5.80. The monoisotopic (exact) mass is 351 g/mol. The van der Waals surface area contributed by atoms with Gasteiger partial charge in [0, 0.05) is 30.4 Å². The number of amides is 1. The molecular formula is C20H21N3O3. The standard InChI is InChI=1S/C20H21N3O3/c1-20(2,3)26-19(24)23-12-15-4-5-18(25-15)17-13-22-11-8-16(17)14-6-9-21-10-7-14/h4-11,13H,12H2,1-3H3,(H,23,24). The van der Waals surface area contributed by atoms with Crippen LogP contribution in [0.4, 0.5) is 4.79 Å². The fourth-order valence-electron chi connectivity index (χ4n) is 2.47. The van der Waals surface area contributed by atoms with Crippen LogP contribution in [0.5, 0.6) is 0 Å². The maximum Gasteiger partial charge on any atom is 0.408 e. The summed E-state index contributed by atoms with van der Waals surface area (Å²) < 4.78 is 11.1. The van der Waals surface area contributed by atoms with Crippen LogP contribution in [0.2, 0.25) is 0 Å². The third-order valence-electron chi connectivity index (χ3n) is 3.55. The average Bonchev–Trinajstić information content (AvgIpc) is 3.08. The second-order valence-electron chi connectivity index (χ2n) is 6.78. The van der Waals surface area contributed by atoms with Crippen LogP contribution >= 0.6 is 0 Å². The minimum Gasteiger partial charge on any atom is -0.459 e. The summed E-state index contributed by atoms with van der Waals surface area (Å²) >= 11 is 0. The van der Waals surface area contributed by atoms with Crippen LogP contribution in [0, 0.1) is 0 Å². The van der Waals surface area contributed by atoms with Gasteiger partial charge in [-0.15, -0.1) is 0 Å². The van der Waals surface area contributed by atoms with E-state index in [1.54, 1.807) is 24.8 Å². The number of aromatic nitrogens is 2. The van der Waals surface area contributed by atoms with Crippen LogP contribution in [0.15, 0.2) is 59.5 Å². The third-order valence-corrected chi connectivity index (χ3v) is 3.55. The van der Waals surface area contributed by atoms with Crippen LogP contribution in [-0.4, -0.2) is 21.7 Å². The molecule has 0 unspecified atom stereocenters. The molecule has 0 saturated carbocycles. The Kier molecular flexibility index (Phi) is 5.02. The molecule has 26 heavy (non-hydrogen) atoms. The first-order valence-corrected chi connectivity index (χ1v) is 8.33. The van der Waals surface area contributed by atoms with E-state index in [-0.39, 0.29) is 6.54 Å². The third kappa shape index (κ3) is 4.47.